The molecule has 184 valence electrons. The molecular formula is C30H36N2O3. The van der Waals surface area contributed by atoms with E-state index in [0.29, 0.717) is 25.3 Å². The van der Waals surface area contributed by atoms with Gasteiger partial charge in [-0.2, -0.15) is 0 Å². The number of carbonyl (C=O) groups is 2. The van der Waals surface area contributed by atoms with E-state index in [9.17, 15) is 9.59 Å². The van der Waals surface area contributed by atoms with Crippen LogP contribution in [0.1, 0.15) is 41.2 Å². The first kappa shape index (κ1) is 26.0. The molecule has 0 unspecified atom stereocenters. The monoisotopic (exact) mass is 472 g/mol. The Morgan fingerprint density at radius 3 is 2.29 bits per heavy atom. The molecule has 0 fully saturated rings. The Hall–Kier alpha value is -3.60. The summed E-state index contributed by atoms with van der Waals surface area (Å²) in [6, 6.07) is 23.1. The van der Waals surface area contributed by atoms with Crippen molar-refractivity contribution in [2.75, 3.05) is 13.2 Å². The Labute approximate surface area is 209 Å². The topological polar surface area (TPSA) is 58.6 Å². The molecule has 2 amide bonds. The van der Waals surface area contributed by atoms with Gasteiger partial charge in [-0.05, 0) is 49.9 Å². The molecular weight excluding hydrogens is 436 g/mol. The van der Waals surface area contributed by atoms with Crippen molar-refractivity contribution in [1.82, 2.24) is 10.2 Å². The number of hydrogen-bond acceptors (Lipinski definition) is 3. The van der Waals surface area contributed by atoms with E-state index in [1.807, 2.05) is 94.4 Å². The van der Waals surface area contributed by atoms with E-state index >= 15 is 0 Å². The van der Waals surface area contributed by atoms with E-state index in [-0.39, 0.29) is 18.4 Å². The van der Waals surface area contributed by atoms with Gasteiger partial charge < -0.3 is 15.0 Å². The van der Waals surface area contributed by atoms with Gasteiger partial charge >= 0.3 is 0 Å². The van der Waals surface area contributed by atoms with Crippen LogP contribution in [-0.2, 0) is 22.6 Å². The van der Waals surface area contributed by atoms with Gasteiger partial charge in [0.05, 0.1) is 0 Å². The summed E-state index contributed by atoms with van der Waals surface area (Å²) in [5.74, 6) is 0.303. The number of carbonyl (C=O) groups excluding carboxylic acids is 2. The van der Waals surface area contributed by atoms with E-state index in [4.69, 9.17) is 4.74 Å². The Bertz CT molecular complexity index is 1130. The summed E-state index contributed by atoms with van der Waals surface area (Å²) >= 11 is 0. The zero-order chi connectivity index (χ0) is 25.2. The Balaban J connectivity index is 1.90. The second-order valence-electron chi connectivity index (χ2n) is 9.06. The van der Waals surface area contributed by atoms with Crippen molar-refractivity contribution in [2.45, 2.75) is 53.1 Å². The van der Waals surface area contributed by atoms with Crippen molar-refractivity contribution in [3.05, 3.63) is 101 Å². The summed E-state index contributed by atoms with van der Waals surface area (Å²) in [5.41, 5.74) is 5.20. The van der Waals surface area contributed by atoms with Crippen molar-refractivity contribution in [3.8, 4) is 5.75 Å². The van der Waals surface area contributed by atoms with Crippen LogP contribution < -0.4 is 10.1 Å². The van der Waals surface area contributed by atoms with Crippen molar-refractivity contribution < 1.29 is 14.3 Å². The Morgan fingerprint density at radius 1 is 0.886 bits per heavy atom. The largest absolute Gasteiger partial charge is 0.483 e. The number of amides is 2. The fourth-order valence-electron chi connectivity index (χ4n) is 4.11. The molecule has 35 heavy (non-hydrogen) atoms. The highest BCUT2D eigenvalue weighted by atomic mass is 16.5. The smallest absolute Gasteiger partial charge is 0.261 e. The molecule has 3 aromatic rings. The minimum absolute atomic E-state index is 0.137. The van der Waals surface area contributed by atoms with Crippen LogP contribution in [-0.4, -0.2) is 35.9 Å². The zero-order valence-corrected chi connectivity index (χ0v) is 21.2. The lowest BCUT2D eigenvalue weighted by Crippen LogP contribution is -2.51. The zero-order valence-electron chi connectivity index (χ0n) is 21.2. The molecule has 0 radical (unpaired) electrons. The summed E-state index contributed by atoms with van der Waals surface area (Å²) in [6.45, 7) is 8.78. The minimum atomic E-state index is -0.653. The van der Waals surface area contributed by atoms with Crippen molar-refractivity contribution in [2.24, 2.45) is 0 Å². The van der Waals surface area contributed by atoms with Crippen LogP contribution in [0.15, 0.2) is 72.8 Å². The summed E-state index contributed by atoms with van der Waals surface area (Å²) in [6.07, 6.45) is 1.25. The molecule has 0 aromatic heterocycles. The van der Waals surface area contributed by atoms with E-state index in [0.717, 1.165) is 34.2 Å². The van der Waals surface area contributed by atoms with Crippen LogP contribution in [0.4, 0.5) is 0 Å². The molecule has 3 rings (SSSR count). The highest BCUT2D eigenvalue weighted by molar-refractivity contribution is 5.88. The van der Waals surface area contributed by atoms with E-state index in [1.165, 1.54) is 0 Å². The summed E-state index contributed by atoms with van der Waals surface area (Å²) in [7, 11) is 0. The summed E-state index contributed by atoms with van der Waals surface area (Å²) in [4.78, 5) is 28.6. The molecule has 0 aliphatic carbocycles. The second-order valence-corrected chi connectivity index (χ2v) is 9.06. The van der Waals surface area contributed by atoms with E-state index in [1.54, 1.807) is 4.90 Å². The van der Waals surface area contributed by atoms with Gasteiger partial charge in [0.15, 0.2) is 6.61 Å². The van der Waals surface area contributed by atoms with Crippen LogP contribution in [0.25, 0.3) is 0 Å². The first-order chi connectivity index (χ1) is 16.9. The van der Waals surface area contributed by atoms with Gasteiger partial charge in [-0.1, -0.05) is 84.8 Å². The van der Waals surface area contributed by atoms with Gasteiger partial charge in [0.25, 0.3) is 5.91 Å². The predicted octanol–water partition coefficient (Wildman–Crippen LogP) is 5.16. The van der Waals surface area contributed by atoms with Gasteiger partial charge in [0.1, 0.15) is 11.8 Å². The third-order valence-electron chi connectivity index (χ3n) is 5.94. The average Bonchev–Trinajstić information content (AvgIpc) is 2.84. The molecule has 3 aromatic carbocycles. The lowest BCUT2D eigenvalue weighted by atomic mass is 10.0. The predicted molar refractivity (Wildman–Crippen MR) is 140 cm³/mol. The number of benzene rings is 3. The van der Waals surface area contributed by atoms with Gasteiger partial charge in [0.2, 0.25) is 5.91 Å². The van der Waals surface area contributed by atoms with Crippen LogP contribution in [0.3, 0.4) is 0 Å². The maximum atomic E-state index is 13.6. The maximum absolute atomic E-state index is 13.6. The molecule has 5 nitrogen and oxygen atoms in total. The SMILES string of the molecule is CCCNC(=O)[C@H](Cc1ccccc1)N(Cc1cccc(C)c1)C(=O)COc1ccc(C)cc1C. The molecule has 1 atom stereocenters. The molecule has 0 saturated heterocycles. The molecule has 5 heteroatoms. The van der Waals surface area contributed by atoms with Gasteiger partial charge in [-0.25, -0.2) is 0 Å². The third kappa shape index (κ3) is 7.71. The van der Waals surface area contributed by atoms with Crippen LogP contribution >= 0.6 is 0 Å². The minimum Gasteiger partial charge on any atom is -0.483 e. The Kier molecular flexibility index (Phi) is 9.47. The first-order valence-electron chi connectivity index (χ1n) is 12.2. The summed E-state index contributed by atoms with van der Waals surface area (Å²) < 4.78 is 5.93. The number of hydrogen-bond donors (Lipinski definition) is 1. The van der Waals surface area contributed by atoms with Crippen LogP contribution in [0.2, 0.25) is 0 Å². The van der Waals surface area contributed by atoms with E-state index < -0.39 is 6.04 Å². The summed E-state index contributed by atoms with van der Waals surface area (Å²) in [5, 5.41) is 3.00. The molecule has 0 bridgehead atoms. The number of aryl methyl sites for hydroxylation is 3. The Morgan fingerprint density at radius 2 is 1.60 bits per heavy atom. The highest BCUT2D eigenvalue weighted by Crippen LogP contribution is 2.20. The molecule has 0 aliphatic rings. The first-order valence-corrected chi connectivity index (χ1v) is 12.2. The fraction of sp³-hybridized carbons (Fsp3) is 0.333. The highest BCUT2D eigenvalue weighted by Gasteiger charge is 2.30. The van der Waals surface area contributed by atoms with Gasteiger partial charge in [-0.3, -0.25) is 9.59 Å². The maximum Gasteiger partial charge on any atom is 0.261 e. The quantitative estimate of drug-likeness (QED) is 0.420. The second kappa shape index (κ2) is 12.7. The van der Waals surface area contributed by atoms with Crippen molar-refractivity contribution in [3.63, 3.8) is 0 Å². The van der Waals surface area contributed by atoms with Gasteiger partial charge in [-0.15, -0.1) is 0 Å². The van der Waals surface area contributed by atoms with Gasteiger partial charge in [0, 0.05) is 19.5 Å². The van der Waals surface area contributed by atoms with Crippen LogP contribution in [0.5, 0.6) is 5.75 Å². The normalized spacial score (nSPS) is 11.5. The number of ether oxygens (including phenoxy) is 1. The molecule has 0 saturated carbocycles. The van der Waals surface area contributed by atoms with Crippen LogP contribution in [0, 0.1) is 20.8 Å². The molecule has 0 aliphatic heterocycles. The molecule has 1 N–H and O–H groups in total. The third-order valence-corrected chi connectivity index (χ3v) is 5.94. The lowest BCUT2D eigenvalue weighted by Gasteiger charge is -2.31. The lowest BCUT2D eigenvalue weighted by molar-refractivity contribution is -0.142. The molecule has 0 heterocycles. The molecule has 0 spiro atoms. The average molecular weight is 473 g/mol. The fourth-order valence-corrected chi connectivity index (χ4v) is 4.11. The van der Waals surface area contributed by atoms with Crippen molar-refractivity contribution >= 4 is 11.8 Å². The van der Waals surface area contributed by atoms with Crippen molar-refractivity contribution in [1.29, 1.82) is 0 Å². The number of rotatable bonds is 11. The number of nitrogens with one attached hydrogen (secondary N) is 1. The van der Waals surface area contributed by atoms with E-state index in [2.05, 4.69) is 11.4 Å². The number of nitrogens with zero attached hydrogens (tertiary/aromatic N) is 1. The standard InChI is InChI=1S/C30H36N2O3/c1-5-16-31-30(34)27(19-25-11-7-6-8-12-25)32(20-26-13-9-10-22(2)18-26)29(33)21-35-28-15-14-23(3)17-24(28)4/h6-15,17-18,27H,5,16,19-21H2,1-4H3,(H,31,34)/t27-/m0/s1.